The van der Waals surface area contributed by atoms with Gasteiger partial charge >= 0.3 is 0 Å². The predicted molar refractivity (Wildman–Crippen MR) is 196 cm³/mol. The van der Waals surface area contributed by atoms with Crippen molar-refractivity contribution in [2.24, 2.45) is 0 Å². The van der Waals surface area contributed by atoms with Crippen molar-refractivity contribution in [1.82, 2.24) is 0 Å². The Morgan fingerprint density at radius 1 is 0.341 bits per heavy atom. The molecule has 0 bridgehead atoms. The van der Waals surface area contributed by atoms with Crippen molar-refractivity contribution in [3.63, 3.8) is 0 Å². The summed E-state index contributed by atoms with van der Waals surface area (Å²) in [6.45, 7) is 6.99. The highest BCUT2D eigenvalue weighted by atomic mass is 35.5. The number of hydrogen-bond acceptors (Lipinski definition) is 1. The Labute approximate surface area is 286 Å². The molecule has 0 amide bonds. The first-order chi connectivity index (χ1) is 21.0. The molecule has 1 N–H and O–H groups in total. The van der Waals surface area contributed by atoms with Crippen LogP contribution in [0.4, 0.5) is 0 Å². The topological polar surface area (TPSA) is 20.2 Å². The maximum Gasteiger partial charge on any atom is 0.0807 e. The fourth-order valence-corrected chi connectivity index (χ4v) is 6.77. The lowest BCUT2D eigenvalue weighted by Gasteiger charge is -2.30. The van der Waals surface area contributed by atoms with Crippen molar-refractivity contribution in [2.75, 3.05) is 27.2 Å². The van der Waals surface area contributed by atoms with Crippen molar-refractivity contribution >= 4 is 0 Å². The number of aliphatic hydroxyl groups is 1. The van der Waals surface area contributed by atoms with E-state index in [1.54, 1.807) is 0 Å². The number of halogens is 1. The van der Waals surface area contributed by atoms with Gasteiger partial charge in [-0.05, 0) is 19.3 Å². The van der Waals surface area contributed by atoms with E-state index in [1.165, 1.54) is 212 Å². The molecule has 0 aromatic heterocycles. The van der Waals surface area contributed by atoms with Crippen LogP contribution >= 0.6 is 0 Å². The van der Waals surface area contributed by atoms with E-state index >= 15 is 0 Å². The zero-order chi connectivity index (χ0) is 31.5. The smallest absolute Gasteiger partial charge is 0.0807 e. The third kappa shape index (κ3) is 38.4. The van der Waals surface area contributed by atoms with Crippen LogP contribution in [-0.4, -0.2) is 42.9 Å². The van der Waals surface area contributed by atoms with Gasteiger partial charge in [-0.3, -0.25) is 0 Å². The Balaban J connectivity index is 0. The van der Waals surface area contributed by atoms with Gasteiger partial charge < -0.3 is 22.0 Å². The molecular weight excluding hydrogens is 558 g/mol. The number of aliphatic hydroxyl groups excluding tert-OH is 1. The van der Waals surface area contributed by atoms with E-state index in [0.717, 1.165) is 23.9 Å². The second kappa shape index (κ2) is 37.7. The SMILES string of the molecule is CCCCCCCCCCCCCCCCCCC(O)CC[N+](C)(C)CCCCCCCCCCCCCCCCCC.[Cl-]. The molecule has 268 valence electrons. The van der Waals surface area contributed by atoms with Crippen LogP contribution < -0.4 is 12.4 Å². The number of unbranched alkanes of at least 4 members (excludes halogenated alkanes) is 30. The summed E-state index contributed by atoms with van der Waals surface area (Å²) < 4.78 is 1.08. The monoisotopic (exact) mass is 644 g/mol. The van der Waals surface area contributed by atoms with E-state index in [9.17, 15) is 5.11 Å². The van der Waals surface area contributed by atoms with E-state index in [-0.39, 0.29) is 18.5 Å². The quantitative estimate of drug-likeness (QED) is 0.0527. The highest BCUT2D eigenvalue weighted by Gasteiger charge is 2.16. The Hall–Kier alpha value is 0.210. The predicted octanol–water partition coefficient (Wildman–Crippen LogP) is 10.7. The molecule has 0 aromatic rings. The summed E-state index contributed by atoms with van der Waals surface area (Å²) in [5.74, 6) is 0. The van der Waals surface area contributed by atoms with Gasteiger partial charge in [0.05, 0.1) is 33.3 Å². The molecule has 0 saturated carbocycles. The van der Waals surface area contributed by atoms with E-state index in [0.29, 0.717) is 0 Å². The first kappa shape index (κ1) is 46.3. The molecule has 1 atom stereocenters. The summed E-state index contributed by atoms with van der Waals surface area (Å²) in [4.78, 5) is 0. The summed E-state index contributed by atoms with van der Waals surface area (Å²) in [5, 5.41) is 10.5. The lowest BCUT2D eigenvalue weighted by atomic mass is 10.0. The first-order valence-electron chi connectivity index (χ1n) is 20.5. The van der Waals surface area contributed by atoms with Crippen LogP contribution in [0.1, 0.15) is 232 Å². The van der Waals surface area contributed by atoms with Crippen molar-refractivity contribution in [1.29, 1.82) is 0 Å². The number of quaternary nitrogens is 1. The highest BCUT2D eigenvalue weighted by Crippen LogP contribution is 2.17. The molecule has 44 heavy (non-hydrogen) atoms. The molecule has 0 aromatic carbocycles. The standard InChI is InChI=1S/C41H86NO.ClH/c1-5-7-9-11-13-15-17-19-21-23-25-27-29-31-33-35-37-41(43)38-40-42(3,4)39-36-34-32-30-28-26-24-22-20-18-16-14-12-10-8-6-2;/h41,43H,5-40H2,1-4H3;1H/q+1;/p-1. The van der Waals surface area contributed by atoms with Crippen LogP contribution in [0.15, 0.2) is 0 Å². The van der Waals surface area contributed by atoms with Gasteiger partial charge in [0.25, 0.3) is 0 Å². The van der Waals surface area contributed by atoms with E-state index < -0.39 is 0 Å². The molecule has 0 radical (unpaired) electrons. The molecule has 0 aliphatic heterocycles. The van der Waals surface area contributed by atoms with Crippen molar-refractivity contribution in [3.8, 4) is 0 Å². The van der Waals surface area contributed by atoms with Gasteiger partial charge in [0.2, 0.25) is 0 Å². The Morgan fingerprint density at radius 2 is 0.591 bits per heavy atom. The Kier molecular flexibility index (Phi) is 39.7. The minimum Gasteiger partial charge on any atom is -1.00 e. The first-order valence-corrected chi connectivity index (χ1v) is 20.5. The lowest BCUT2D eigenvalue weighted by Crippen LogP contribution is -3.00. The van der Waals surface area contributed by atoms with Gasteiger partial charge in [-0.15, -0.1) is 0 Å². The molecule has 0 rings (SSSR count). The Morgan fingerprint density at radius 3 is 0.886 bits per heavy atom. The summed E-state index contributed by atoms with van der Waals surface area (Å²) in [7, 11) is 4.74. The third-order valence-electron chi connectivity index (χ3n) is 10.1. The molecule has 0 aliphatic rings. The molecule has 3 heteroatoms. The van der Waals surface area contributed by atoms with Crippen molar-refractivity contribution < 1.29 is 22.0 Å². The molecular formula is C41H86ClNO. The molecule has 0 saturated heterocycles. The second-order valence-electron chi connectivity index (χ2n) is 15.2. The van der Waals surface area contributed by atoms with Crippen LogP contribution in [0.25, 0.3) is 0 Å². The van der Waals surface area contributed by atoms with Gasteiger partial charge in [0, 0.05) is 6.42 Å². The number of rotatable bonds is 37. The third-order valence-corrected chi connectivity index (χ3v) is 10.1. The maximum absolute atomic E-state index is 10.5. The highest BCUT2D eigenvalue weighted by molar-refractivity contribution is 4.57. The number of nitrogens with zero attached hydrogens (tertiary/aromatic N) is 1. The second-order valence-corrected chi connectivity index (χ2v) is 15.2. The minimum absolute atomic E-state index is 0. The van der Waals surface area contributed by atoms with Gasteiger partial charge in [-0.25, -0.2) is 0 Å². The molecule has 0 heterocycles. The summed E-state index contributed by atoms with van der Waals surface area (Å²) in [6.07, 6.45) is 47.5. The maximum atomic E-state index is 10.5. The average molecular weight is 645 g/mol. The summed E-state index contributed by atoms with van der Waals surface area (Å²) >= 11 is 0. The minimum atomic E-state index is -0.0881. The zero-order valence-electron chi connectivity index (χ0n) is 31.3. The molecule has 0 spiro atoms. The normalized spacial score (nSPS) is 12.5. The van der Waals surface area contributed by atoms with E-state index in [4.69, 9.17) is 0 Å². The summed E-state index contributed by atoms with van der Waals surface area (Å²) in [5.41, 5.74) is 0. The van der Waals surface area contributed by atoms with Crippen molar-refractivity contribution in [3.05, 3.63) is 0 Å². The zero-order valence-corrected chi connectivity index (χ0v) is 32.1. The fourth-order valence-electron chi connectivity index (χ4n) is 6.77. The van der Waals surface area contributed by atoms with Crippen LogP contribution in [0.5, 0.6) is 0 Å². The van der Waals surface area contributed by atoms with Gasteiger partial charge in [0.15, 0.2) is 0 Å². The molecule has 2 nitrogen and oxygen atoms in total. The van der Waals surface area contributed by atoms with Gasteiger partial charge in [0.1, 0.15) is 0 Å². The van der Waals surface area contributed by atoms with E-state index in [1.807, 2.05) is 0 Å². The molecule has 0 fully saturated rings. The van der Waals surface area contributed by atoms with Crippen LogP contribution in [-0.2, 0) is 0 Å². The molecule has 0 aliphatic carbocycles. The van der Waals surface area contributed by atoms with Crippen LogP contribution in [0.3, 0.4) is 0 Å². The number of hydrogen-bond donors (Lipinski definition) is 1. The van der Waals surface area contributed by atoms with Gasteiger partial charge in [-0.2, -0.15) is 0 Å². The van der Waals surface area contributed by atoms with Crippen LogP contribution in [0.2, 0.25) is 0 Å². The summed E-state index contributed by atoms with van der Waals surface area (Å²) in [6, 6.07) is 0. The van der Waals surface area contributed by atoms with Gasteiger partial charge in [-0.1, -0.05) is 206 Å². The Bertz CT molecular complexity index is 511. The van der Waals surface area contributed by atoms with Crippen LogP contribution in [0, 0.1) is 0 Å². The average Bonchev–Trinajstić information content (AvgIpc) is 2.99. The lowest BCUT2D eigenvalue weighted by molar-refractivity contribution is -0.891. The van der Waals surface area contributed by atoms with E-state index in [2.05, 4.69) is 27.9 Å². The van der Waals surface area contributed by atoms with Crippen molar-refractivity contribution in [2.45, 2.75) is 238 Å². The fraction of sp³-hybridized carbons (Fsp3) is 1.00. The molecule has 1 unspecified atom stereocenters. The largest absolute Gasteiger partial charge is 1.00 e.